The van der Waals surface area contributed by atoms with E-state index in [2.05, 4.69) is 68.6 Å². The van der Waals surface area contributed by atoms with Crippen LogP contribution in [0, 0.1) is 5.92 Å². The molecule has 154 valence electrons. The molecule has 0 bridgehead atoms. The van der Waals surface area contributed by atoms with Crippen LogP contribution in [0.3, 0.4) is 0 Å². The number of anilines is 1. The Bertz CT molecular complexity index is 964. The van der Waals surface area contributed by atoms with Crippen molar-refractivity contribution in [1.82, 2.24) is 4.90 Å². The number of hydrogen-bond acceptors (Lipinski definition) is 2. The SMILES string of the molecule is O=C(Nc1ccccc1Br)c1ccc(CN2CCC(Cc3ccccc3)CC2)cc1. The predicted octanol–water partition coefficient (Wildman–Crippen LogP) is 6.16. The summed E-state index contributed by atoms with van der Waals surface area (Å²) in [6.45, 7) is 3.23. The lowest BCUT2D eigenvalue weighted by Gasteiger charge is -2.32. The molecule has 0 unspecified atom stereocenters. The van der Waals surface area contributed by atoms with E-state index in [4.69, 9.17) is 0 Å². The van der Waals surface area contributed by atoms with Crippen molar-refractivity contribution < 1.29 is 4.79 Å². The van der Waals surface area contributed by atoms with Gasteiger partial charge in [0, 0.05) is 16.6 Å². The Labute approximate surface area is 187 Å². The minimum atomic E-state index is -0.0878. The molecule has 0 atom stereocenters. The van der Waals surface area contributed by atoms with Crippen molar-refractivity contribution in [3.63, 3.8) is 0 Å². The summed E-state index contributed by atoms with van der Waals surface area (Å²) in [4.78, 5) is 15.0. The van der Waals surface area contributed by atoms with E-state index in [1.54, 1.807) is 0 Å². The van der Waals surface area contributed by atoms with E-state index in [1.807, 2.05) is 36.4 Å². The number of hydrogen-bond donors (Lipinski definition) is 1. The first-order chi connectivity index (χ1) is 14.7. The molecule has 4 rings (SSSR count). The normalized spacial score (nSPS) is 15.1. The number of amides is 1. The van der Waals surface area contributed by atoms with Crippen LogP contribution >= 0.6 is 15.9 Å². The average molecular weight is 463 g/mol. The predicted molar refractivity (Wildman–Crippen MR) is 127 cm³/mol. The molecule has 3 aromatic carbocycles. The summed E-state index contributed by atoms with van der Waals surface area (Å²) in [7, 11) is 0. The molecule has 4 heteroatoms. The highest BCUT2D eigenvalue weighted by atomic mass is 79.9. The Kier molecular flexibility index (Phi) is 6.98. The highest BCUT2D eigenvalue weighted by Gasteiger charge is 2.19. The number of piperidine rings is 1. The molecule has 1 amide bonds. The average Bonchev–Trinajstić information content (AvgIpc) is 2.78. The molecule has 1 aliphatic heterocycles. The fraction of sp³-hybridized carbons (Fsp3) is 0.269. The highest BCUT2D eigenvalue weighted by Crippen LogP contribution is 2.24. The molecule has 1 saturated heterocycles. The summed E-state index contributed by atoms with van der Waals surface area (Å²) in [5.41, 5.74) is 4.17. The van der Waals surface area contributed by atoms with E-state index in [1.165, 1.54) is 30.4 Å². The van der Waals surface area contributed by atoms with Crippen LogP contribution in [0.25, 0.3) is 0 Å². The van der Waals surface area contributed by atoms with Gasteiger partial charge in [0.25, 0.3) is 5.91 Å². The lowest BCUT2D eigenvalue weighted by atomic mass is 9.90. The summed E-state index contributed by atoms with van der Waals surface area (Å²) in [6.07, 6.45) is 3.69. The molecule has 1 fully saturated rings. The number of para-hydroxylation sites is 1. The van der Waals surface area contributed by atoms with Gasteiger partial charge in [0.15, 0.2) is 0 Å². The second-order valence-corrected chi connectivity index (χ2v) is 8.89. The van der Waals surface area contributed by atoms with Gasteiger partial charge >= 0.3 is 0 Å². The Hall–Kier alpha value is -2.43. The summed E-state index contributed by atoms with van der Waals surface area (Å²) in [6, 6.07) is 26.5. The molecule has 3 aromatic rings. The largest absolute Gasteiger partial charge is 0.321 e. The number of nitrogens with one attached hydrogen (secondary N) is 1. The van der Waals surface area contributed by atoms with Crippen LogP contribution in [0.1, 0.15) is 34.3 Å². The molecule has 1 N–H and O–H groups in total. The molecule has 0 radical (unpaired) electrons. The van der Waals surface area contributed by atoms with Gasteiger partial charge in [0.2, 0.25) is 0 Å². The van der Waals surface area contributed by atoms with E-state index in [0.717, 1.165) is 35.7 Å². The van der Waals surface area contributed by atoms with Crippen molar-refractivity contribution in [3.05, 3.63) is 100 Å². The van der Waals surface area contributed by atoms with E-state index < -0.39 is 0 Å². The first-order valence-corrected chi connectivity index (χ1v) is 11.4. The fourth-order valence-corrected chi connectivity index (χ4v) is 4.46. The number of halogens is 1. The van der Waals surface area contributed by atoms with Crippen molar-refractivity contribution >= 4 is 27.5 Å². The summed E-state index contributed by atoms with van der Waals surface area (Å²) in [5.74, 6) is 0.696. The van der Waals surface area contributed by atoms with Crippen LogP contribution in [-0.2, 0) is 13.0 Å². The van der Waals surface area contributed by atoms with Gasteiger partial charge in [0.05, 0.1) is 5.69 Å². The summed E-state index contributed by atoms with van der Waals surface area (Å²) >= 11 is 3.47. The molecule has 30 heavy (non-hydrogen) atoms. The molecule has 3 nitrogen and oxygen atoms in total. The summed E-state index contributed by atoms with van der Waals surface area (Å²) in [5, 5.41) is 2.96. The van der Waals surface area contributed by atoms with Crippen molar-refractivity contribution in [2.45, 2.75) is 25.8 Å². The van der Waals surface area contributed by atoms with Crippen LogP contribution in [-0.4, -0.2) is 23.9 Å². The number of rotatable bonds is 6. The van der Waals surface area contributed by atoms with E-state index in [0.29, 0.717) is 5.56 Å². The van der Waals surface area contributed by atoms with Crippen molar-refractivity contribution in [2.75, 3.05) is 18.4 Å². The third kappa shape index (κ3) is 5.59. The molecule has 0 saturated carbocycles. The second kappa shape index (κ2) is 10.1. The Balaban J connectivity index is 1.27. The molecule has 1 aliphatic rings. The minimum absolute atomic E-state index is 0.0878. The first kappa shape index (κ1) is 20.8. The lowest BCUT2D eigenvalue weighted by Crippen LogP contribution is -2.33. The third-order valence-electron chi connectivity index (χ3n) is 5.82. The number of carbonyl (C=O) groups excluding carboxylic acids is 1. The zero-order valence-electron chi connectivity index (χ0n) is 17.1. The van der Waals surface area contributed by atoms with Crippen LogP contribution in [0.4, 0.5) is 5.69 Å². The van der Waals surface area contributed by atoms with Crippen molar-refractivity contribution in [3.8, 4) is 0 Å². The number of likely N-dealkylation sites (tertiary alicyclic amines) is 1. The van der Waals surface area contributed by atoms with Gasteiger partial charge < -0.3 is 5.32 Å². The number of nitrogens with zero attached hydrogens (tertiary/aromatic N) is 1. The van der Waals surface area contributed by atoms with E-state index in [9.17, 15) is 4.79 Å². The van der Waals surface area contributed by atoms with Gasteiger partial charge in [-0.25, -0.2) is 0 Å². The Morgan fingerprint density at radius 1 is 0.867 bits per heavy atom. The minimum Gasteiger partial charge on any atom is -0.321 e. The summed E-state index contributed by atoms with van der Waals surface area (Å²) < 4.78 is 0.880. The smallest absolute Gasteiger partial charge is 0.255 e. The first-order valence-electron chi connectivity index (χ1n) is 10.6. The van der Waals surface area contributed by atoms with Gasteiger partial charge in [-0.05, 0) is 89.6 Å². The van der Waals surface area contributed by atoms with Crippen LogP contribution < -0.4 is 5.32 Å². The number of benzene rings is 3. The van der Waals surface area contributed by atoms with Gasteiger partial charge in [0.1, 0.15) is 0 Å². The van der Waals surface area contributed by atoms with Gasteiger partial charge in [-0.2, -0.15) is 0 Å². The zero-order chi connectivity index (χ0) is 20.8. The van der Waals surface area contributed by atoms with Gasteiger partial charge in [-0.1, -0.05) is 54.6 Å². The second-order valence-electron chi connectivity index (χ2n) is 8.04. The monoisotopic (exact) mass is 462 g/mol. The lowest BCUT2D eigenvalue weighted by molar-refractivity contribution is 0.102. The van der Waals surface area contributed by atoms with Crippen LogP contribution in [0.5, 0.6) is 0 Å². The molecule has 0 aromatic heterocycles. The standard InChI is InChI=1S/C26H27BrN2O/c27-24-8-4-5-9-25(24)28-26(30)23-12-10-22(11-13-23)19-29-16-14-21(15-17-29)18-20-6-2-1-3-7-20/h1-13,21H,14-19H2,(H,28,30). The fourth-order valence-electron chi connectivity index (χ4n) is 4.07. The van der Waals surface area contributed by atoms with Gasteiger partial charge in [-0.15, -0.1) is 0 Å². The third-order valence-corrected chi connectivity index (χ3v) is 6.51. The molecule has 1 heterocycles. The van der Waals surface area contributed by atoms with Crippen LogP contribution in [0.15, 0.2) is 83.3 Å². The van der Waals surface area contributed by atoms with Gasteiger partial charge in [-0.3, -0.25) is 9.69 Å². The number of carbonyl (C=O) groups is 1. The molecular weight excluding hydrogens is 436 g/mol. The van der Waals surface area contributed by atoms with E-state index in [-0.39, 0.29) is 5.91 Å². The van der Waals surface area contributed by atoms with Crippen molar-refractivity contribution in [1.29, 1.82) is 0 Å². The quantitative estimate of drug-likeness (QED) is 0.475. The highest BCUT2D eigenvalue weighted by molar-refractivity contribution is 9.10. The maximum absolute atomic E-state index is 12.5. The molecule has 0 aliphatic carbocycles. The Morgan fingerprint density at radius 2 is 1.53 bits per heavy atom. The topological polar surface area (TPSA) is 32.3 Å². The maximum Gasteiger partial charge on any atom is 0.255 e. The molecule has 0 spiro atoms. The van der Waals surface area contributed by atoms with Crippen LogP contribution in [0.2, 0.25) is 0 Å². The van der Waals surface area contributed by atoms with Crippen molar-refractivity contribution in [2.24, 2.45) is 5.92 Å². The zero-order valence-corrected chi connectivity index (χ0v) is 18.6. The Morgan fingerprint density at radius 3 is 2.23 bits per heavy atom. The molecular formula is C26H27BrN2O. The van der Waals surface area contributed by atoms with E-state index >= 15 is 0 Å². The maximum atomic E-state index is 12.5.